The molecule has 0 aliphatic rings. The Morgan fingerprint density at radius 3 is 2.61 bits per heavy atom. The molecular formula is C16H26OS. The molecule has 2 heteroatoms. The second kappa shape index (κ2) is 10.5. The van der Waals surface area contributed by atoms with Gasteiger partial charge in [-0.25, -0.2) is 0 Å². The van der Waals surface area contributed by atoms with E-state index < -0.39 is 0 Å². The van der Waals surface area contributed by atoms with Crippen LogP contribution in [0, 0.1) is 5.92 Å². The van der Waals surface area contributed by atoms with Crippen molar-refractivity contribution in [3.8, 4) is 0 Å². The van der Waals surface area contributed by atoms with Crippen LogP contribution in [0.2, 0.25) is 0 Å². The molecule has 1 unspecified atom stereocenters. The Morgan fingerprint density at radius 2 is 1.94 bits per heavy atom. The minimum atomic E-state index is 0.756. The van der Waals surface area contributed by atoms with Crippen LogP contribution in [0.3, 0.4) is 0 Å². The van der Waals surface area contributed by atoms with Crippen molar-refractivity contribution < 1.29 is 4.74 Å². The van der Waals surface area contributed by atoms with Gasteiger partial charge in [0, 0.05) is 17.3 Å². The topological polar surface area (TPSA) is 9.23 Å². The van der Waals surface area contributed by atoms with Crippen molar-refractivity contribution in [1.29, 1.82) is 0 Å². The van der Waals surface area contributed by atoms with Gasteiger partial charge in [0.2, 0.25) is 0 Å². The number of thioether (sulfide) groups is 1. The molecule has 0 saturated carbocycles. The standard InChI is InChI=1S/C16H26OS/c1-3-5-9-15(4-2)14-17-12-13-18-16-10-7-6-8-11-16/h6-8,10-11,15H,3-5,9,12-14H2,1-2H3. The molecule has 0 amide bonds. The highest BCUT2D eigenvalue weighted by Gasteiger charge is 2.05. The molecule has 0 aliphatic heterocycles. The highest BCUT2D eigenvalue weighted by molar-refractivity contribution is 7.99. The fraction of sp³-hybridized carbons (Fsp3) is 0.625. The van der Waals surface area contributed by atoms with Crippen LogP contribution in [0.4, 0.5) is 0 Å². The lowest BCUT2D eigenvalue weighted by atomic mass is 10.0. The first kappa shape index (κ1) is 15.6. The molecule has 1 aromatic rings. The molecule has 0 radical (unpaired) electrons. The summed E-state index contributed by atoms with van der Waals surface area (Å²) < 4.78 is 5.78. The quantitative estimate of drug-likeness (QED) is 0.435. The van der Waals surface area contributed by atoms with Crippen molar-refractivity contribution in [2.45, 2.75) is 44.4 Å². The largest absolute Gasteiger partial charge is 0.380 e. The molecule has 1 nitrogen and oxygen atoms in total. The molecule has 0 saturated heterocycles. The third-order valence-corrected chi connectivity index (χ3v) is 4.11. The lowest BCUT2D eigenvalue weighted by molar-refractivity contribution is 0.106. The number of rotatable bonds is 10. The third-order valence-electron chi connectivity index (χ3n) is 3.14. The van der Waals surface area contributed by atoms with Crippen LogP contribution in [-0.2, 0) is 4.74 Å². The van der Waals surface area contributed by atoms with Crippen LogP contribution < -0.4 is 0 Å². The summed E-state index contributed by atoms with van der Waals surface area (Å²) in [6.45, 7) is 6.32. The van der Waals surface area contributed by atoms with E-state index >= 15 is 0 Å². The Morgan fingerprint density at radius 1 is 1.17 bits per heavy atom. The van der Waals surface area contributed by atoms with Gasteiger partial charge in [-0.05, 0) is 24.5 Å². The number of unbranched alkanes of at least 4 members (excludes halogenated alkanes) is 1. The summed E-state index contributed by atoms with van der Waals surface area (Å²) >= 11 is 1.87. The zero-order chi connectivity index (χ0) is 13.1. The number of benzene rings is 1. The van der Waals surface area contributed by atoms with Crippen LogP contribution in [0.1, 0.15) is 39.5 Å². The molecule has 0 heterocycles. The lowest BCUT2D eigenvalue weighted by Gasteiger charge is -2.14. The third kappa shape index (κ3) is 7.07. The van der Waals surface area contributed by atoms with E-state index in [1.807, 2.05) is 11.8 Å². The van der Waals surface area contributed by atoms with Gasteiger partial charge in [-0.15, -0.1) is 11.8 Å². The lowest BCUT2D eigenvalue weighted by Crippen LogP contribution is -2.10. The van der Waals surface area contributed by atoms with Crippen LogP contribution >= 0.6 is 11.8 Å². The zero-order valence-corrected chi connectivity index (χ0v) is 12.5. The molecule has 1 rings (SSSR count). The molecule has 1 aromatic carbocycles. The van der Waals surface area contributed by atoms with Gasteiger partial charge in [0.1, 0.15) is 0 Å². The Labute approximate surface area is 116 Å². The van der Waals surface area contributed by atoms with E-state index in [9.17, 15) is 0 Å². The van der Waals surface area contributed by atoms with Crippen molar-refractivity contribution in [2.75, 3.05) is 19.0 Å². The minimum absolute atomic E-state index is 0.756. The van der Waals surface area contributed by atoms with Crippen LogP contribution in [0.5, 0.6) is 0 Å². The Hall–Kier alpha value is -0.470. The van der Waals surface area contributed by atoms with E-state index in [-0.39, 0.29) is 0 Å². The van der Waals surface area contributed by atoms with E-state index in [0.717, 1.165) is 24.9 Å². The summed E-state index contributed by atoms with van der Waals surface area (Å²) in [5, 5.41) is 0. The monoisotopic (exact) mass is 266 g/mol. The number of ether oxygens (including phenoxy) is 1. The number of hydrogen-bond acceptors (Lipinski definition) is 2. The van der Waals surface area contributed by atoms with E-state index in [0.29, 0.717) is 0 Å². The first-order chi connectivity index (χ1) is 8.86. The highest BCUT2D eigenvalue weighted by Crippen LogP contribution is 2.17. The summed E-state index contributed by atoms with van der Waals surface area (Å²) in [7, 11) is 0. The molecule has 0 aromatic heterocycles. The smallest absolute Gasteiger partial charge is 0.0560 e. The number of hydrogen-bond donors (Lipinski definition) is 0. The fourth-order valence-electron chi connectivity index (χ4n) is 1.88. The predicted molar refractivity (Wildman–Crippen MR) is 81.3 cm³/mol. The fourth-order valence-corrected chi connectivity index (χ4v) is 2.67. The van der Waals surface area contributed by atoms with E-state index in [2.05, 4.69) is 44.2 Å². The maximum atomic E-state index is 5.78. The Balaban J connectivity index is 2.03. The van der Waals surface area contributed by atoms with Gasteiger partial charge in [0.15, 0.2) is 0 Å². The van der Waals surface area contributed by atoms with Gasteiger partial charge in [-0.2, -0.15) is 0 Å². The Bertz CT molecular complexity index is 286. The van der Waals surface area contributed by atoms with E-state index in [4.69, 9.17) is 4.74 Å². The second-order valence-electron chi connectivity index (χ2n) is 4.65. The first-order valence-corrected chi connectivity index (χ1v) is 8.11. The van der Waals surface area contributed by atoms with Gasteiger partial charge in [0.05, 0.1) is 6.61 Å². The Kier molecular flexibility index (Phi) is 9.05. The zero-order valence-electron chi connectivity index (χ0n) is 11.7. The summed E-state index contributed by atoms with van der Waals surface area (Å²) in [6.07, 6.45) is 5.19. The maximum Gasteiger partial charge on any atom is 0.0560 e. The molecule has 0 aliphatic carbocycles. The molecular weight excluding hydrogens is 240 g/mol. The van der Waals surface area contributed by atoms with Crippen molar-refractivity contribution in [3.63, 3.8) is 0 Å². The maximum absolute atomic E-state index is 5.78. The van der Waals surface area contributed by atoms with Crippen molar-refractivity contribution in [3.05, 3.63) is 30.3 Å². The summed E-state index contributed by atoms with van der Waals surface area (Å²) in [5.74, 6) is 1.81. The minimum Gasteiger partial charge on any atom is -0.380 e. The summed E-state index contributed by atoms with van der Waals surface area (Å²) in [6, 6.07) is 10.5. The highest BCUT2D eigenvalue weighted by atomic mass is 32.2. The molecule has 0 fully saturated rings. The second-order valence-corrected chi connectivity index (χ2v) is 5.82. The molecule has 0 spiro atoms. The van der Waals surface area contributed by atoms with Crippen molar-refractivity contribution in [1.82, 2.24) is 0 Å². The predicted octanol–water partition coefficient (Wildman–Crippen LogP) is 5.01. The van der Waals surface area contributed by atoms with Gasteiger partial charge >= 0.3 is 0 Å². The van der Waals surface area contributed by atoms with Gasteiger partial charge in [0.25, 0.3) is 0 Å². The molecule has 0 N–H and O–H groups in total. The van der Waals surface area contributed by atoms with Gasteiger partial charge in [-0.3, -0.25) is 0 Å². The van der Waals surface area contributed by atoms with Crippen LogP contribution in [0.15, 0.2) is 35.2 Å². The average Bonchev–Trinajstić information content (AvgIpc) is 2.43. The summed E-state index contributed by atoms with van der Waals surface area (Å²) in [4.78, 5) is 1.33. The van der Waals surface area contributed by atoms with E-state index in [1.165, 1.54) is 30.6 Å². The van der Waals surface area contributed by atoms with Crippen molar-refractivity contribution in [2.24, 2.45) is 5.92 Å². The van der Waals surface area contributed by atoms with Gasteiger partial charge in [-0.1, -0.05) is 51.3 Å². The molecule has 102 valence electrons. The average molecular weight is 266 g/mol. The molecule has 1 atom stereocenters. The first-order valence-electron chi connectivity index (χ1n) is 7.12. The SMILES string of the molecule is CCCCC(CC)COCCSc1ccccc1. The van der Waals surface area contributed by atoms with Crippen LogP contribution in [-0.4, -0.2) is 19.0 Å². The van der Waals surface area contributed by atoms with Gasteiger partial charge < -0.3 is 4.74 Å². The van der Waals surface area contributed by atoms with Crippen LogP contribution in [0.25, 0.3) is 0 Å². The van der Waals surface area contributed by atoms with Crippen molar-refractivity contribution >= 4 is 11.8 Å². The van der Waals surface area contributed by atoms with E-state index in [1.54, 1.807) is 0 Å². The summed E-state index contributed by atoms with van der Waals surface area (Å²) in [5.41, 5.74) is 0. The molecule has 0 bridgehead atoms. The molecule has 18 heavy (non-hydrogen) atoms. The normalized spacial score (nSPS) is 12.6.